The number of amides is 2. The maximum atomic E-state index is 12.5. The molecule has 6 nitrogen and oxygen atoms in total. The molecule has 0 radical (unpaired) electrons. The monoisotopic (exact) mass is 424 g/mol. The molecular weight excluding hydrogens is 401 g/mol. The first-order valence-electron chi connectivity index (χ1n) is 9.63. The minimum Gasteiger partial charge on any atom is -0.472 e. The van der Waals surface area contributed by atoms with E-state index in [0.29, 0.717) is 37.2 Å². The zero-order valence-electron chi connectivity index (χ0n) is 16.3. The molecule has 2 heterocycles. The van der Waals surface area contributed by atoms with Crippen LogP contribution >= 0.6 is 0 Å². The summed E-state index contributed by atoms with van der Waals surface area (Å²) in [4.78, 5) is 26.6. The lowest BCUT2D eigenvalue weighted by atomic mass is 9.96. The van der Waals surface area contributed by atoms with Crippen LogP contribution in [0.2, 0.25) is 0 Å². The van der Waals surface area contributed by atoms with Crippen molar-refractivity contribution < 1.29 is 31.9 Å². The topological polar surface area (TPSA) is 71.8 Å². The number of piperidine rings is 1. The van der Waals surface area contributed by atoms with Gasteiger partial charge in [-0.25, -0.2) is 0 Å². The van der Waals surface area contributed by atoms with Gasteiger partial charge in [-0.15, -0.1) is 0 Å². The van der Waals surface area contributed by atoms with Crippen LogP contribution in [0.1, 0.15) is 34.3 Å². The Morgan fingerprint density at radius 3 is 2.57 bits per heavy atom. The van der Waals surface area contributed by atoms with Gasteiger partial charge in [0.2, 0.25) is 5.91 Å². The Morgan fingerprint density at radius 2 is 1.90 bits per heavy atom. The maximum absolute atomic E-state index is 12.5. The number of furan rings is 1. The van der Waals surface area contributed by atoms with E-state index < -0.39 is 12.8 Å². The summed E-state index contributed by atoms with van der Waals surface area (Å²) < 4.78 is 45.9. The highest BCUT2D eigenvalue weighted by atomic mass is 19.4. The Morgan fingerprint density at radius 1 is 1.17 bits per heavy atom. The predicted molar refractivity (Wildman–Crippen MR) is 101 cm³/mol. The van der Waals surface area contributed by atoms with Gasteiger partial charge in [-0.1, -0.05) is 24.3 Å². The zero-order valence-corrected chi connectivity index (χ0v) is 16.3. The number of likely N-dealkylation sites (tertiary alicyclic amines) is 1. The second kappa shape index (κ2) is 9.80. The highest BCUT2D eigenvalue weighted by Gasteiger charge is 2.29. The molecule has 162 valence electrons. The lowest BCUT2D eigenvalue weighted by Crippen LogP contribution is -2.45. The van der Waals surface area contributed by atoms with E-state index in [2.05, 4.69) is 10.1 Å². The molecule has 9 heteroatoms. The molecule has 1 aliphatic rings. The zero-order chi connectivity index (χ0) is 21.6. The van der Waals surface area contributed by atoms with Crippen molar-refractivity contribution in [3.63, 3.8) is 0 Å². The number of rotatable bonds is 7. The molecule has 2 aromatic rings. The van der Waals surface area contributed by atoms with Gasteiger partial charge in [0, 0.05) is 19.6 Å². The normalized spacial score (nSPS) is 17.0. The van der Waals surface area contributed by atoms with Crippen molar-refractivity contribution in [2.24, 2.45) is 5.92 Å². The Bertz CT molecular complexity index is 835. The summed E-state index contributed by atoms with van der Waals surface area (Å²) in [6, 6.07) is 8.42. The number of hydrogen-bond donors (Lipinski definition) is 1. The van der Waals surface area contributed by atoms with Crippen LogP contribution in [-0.4, -0.2) is 42.6 Å². The fourth-order valence-corrected chi connectivity index (χ4v) is 3.32. The van der Waals surface area contributed by atoms with Crippen molar-refractivity contribution >= 4 is 11.8 Å². The minimum atomic E-state index is -4.35. The maximum Gasteiger partial charge on any atom is 0.411 e. The first-order chi connectivity index (χ1) is 14.3. The second-order valence-corrected chi connectivity index (χ2v) is 7.24. The van der Waals surface area contributed by atoms with Crippen molar-refractivity contribution in [3.8, 4) is 0 Å². The molecule has 1 saturated heterocycles. The third-order valence-corrected chi connectivity index (χ3v) is 4.87. The first-order valence-corrected chi connectivity index (χ1v) is 9.63. The molecule has 1 aromatic carbocycles. The lowest BCUT2D eigenvalue weighted by molar-refractivity contribution is -0.176. The smallest absolute Gasteiger partial charge is 0.411 e. The number of hydrogen-bond acceptors (Lipinski definition) is 4. The Balaban J connectivity index is 1.45. The van der Waals surface area contributed by atoms with Crippen molar-refractivity contribution in [2.75, 3.05) is 19.7 Å². The molecular formula is C21H23F3N2O4. The molecule has 0 unspecified atom stereocenters. The SMILES string of the molecule is O=C(NCc1ccc(COCC(F)(F)F)cc1)[C@H]1CCCN(C(=O)c2ccoc2)C1. The third-order valence-electron chi connectivity index (χ3n) is 4.87. The number of nitrogens with one attached hydrogen (secondary N) is 1. The van der Waals surface area contributed by atoms with Gasteiger partial charge in [0.1, 0.15) is 12.9 Å². The van der Waals surface area contributed by atoms with Gasteiger partial charge in [-0.2, -0.15) is 13.2 Å². The number of halogens is 3. The Hall–Kier alpha value is -2.81. The third kappa shape index (κ3) is 6.35. The molecule has 1 atom stereocenters. The Kier molecular flexibility index (Phi) is 7.15. The van der Waals surface area contributed by atoms with Gasteiger partial charge < -0.3 is 19.4 Å². The highest BCUT2D eigenvalue weighted by molar-refractivity contribution is 5.94. The van der Waals surface area contributed by atoms with Crippen molar-refractivity contribution in [3.05, 3.63) is 59.5 Å². The van der Waals surface area contributed by atoms with Gasteiger partial charge in [0.15, 0.2) is 0 Å². The molecule has 1 aromatic heterocycles. The molecule has 3 rings (SSSR count). The molecule has 0 aliphatic carbocycles. The van der Waals surface area contributed by atoms with Crippen LogP contribution in [-0.2, 0) is 22.7 Å². The van der Waals surface area contributed by atoms with Crippen molar-refractivity contribution in [1.82, 2.24) is 10.2 Å². The van der Waals surface area contributed by atoms with Crippen LogP contribution in [0.25, 0.3) is 0 Å². The summed E-state index contributed by atoms with van der Waals surface area (Å²) in [6.07, 6.45) is -0.0637. The van der Waals surface area contributed by atoms with E-state index in [1.54, 1.807) is 35.2 Å². The number of ether oxygens (including phenoxy) is 1. The van der Waals surface area contributed by atoms with Crippen LogP contribution in [0.3, 0.4) is 0 Å². The number of alkyl halides is 3. The average Bonchev–Trinajstić information content (AvgIpc) is 3.26. The Labute approximate surface area is 172 Å². The first kappa shape index (κ1) is 21.9. The second-order valence-electron chi connectivity index (χ2n) is 7.24. The average molecular weight is 424 g/mol. The fraction of sp³-hybridized carbons (Fsp3) is 0.429. The number of nitrogens with zero attached hydrogens (tertiary/aromatic N) is 1. The molecule has 30 heavy (non-hydrogen) atoms. The van der Waals surface area contributed by atoms with E-state index in [1.807, 2.05) is 0 Å². The van der Waals surface area contributed by atoms with E-state index in [9.17, 15) is 22.8 Å². The standard InChI is InChI=1S/C21H23F3N2O4/c22-21(23,24)14-30-12-16-5-3-15(4-6-16)10-25-19(27)17-2-1-8-26(11-17)20(28)18-7-9-29-13-18/h3-7,9,13,17H,1-2,8,10-12,14H2,(H,25,27)/t17-/m0/s1. The van der Waals surface area contributed by atoms with Crippen molar-refractivity contribution in [2.45, 2.75) is 32.2 Å². The molecule has 1 N–H and O–H groups in total. The summed E-state index contributed by atoms with van der Waals surface area (Å²) >= 11 is 0. The number of carbonyl (C=O) groups excluding carboxylic acids is 2. The summed E-state index contributed by atoms with van der Waals surface area (Å²) in [5.41, 5.74) is 1.91. The summed E-state index contributed by atoms with van der Waals surface area (Å²) in [7, 11) is 0. The summed E-state index contributed by atoms with van der Waals surface area (Å²) in [5, 5.41) is 2.87. The molecule has 1 aliphatic heterocycles. The number of carbonyl (C=O) groups is 2. The summed E-state index contributed by atoms with van der Waals surface area (Å²) in [6.45, 7) is -0.160. The fourth-order valence-electron chi connectivity index (χ4n) is 3.32. The minimum absolute atomic E-state index is 0.128. The van der Waals surface area contributed by atoms with E-state index in [4.69, 9.17) is 4.42 Å². The van der Waals surface area contributed by atoms with Crippen LogP contribution in [0.5, 0.6) is 0 Å². The van der Waals surface area contributed by atoms with E-state index in [1.165, 1.54) is 12.5 Å². The van der Waals surface area contributed by atoms with Crippen LogP contribution < -0.4 is 5.32 Å². The predicted octanol–water partition coefficient (Wildman–Crippen LogP) is 3.53. The van der Waals surface area contributed by atoms with E-state index in [-0.39, 0.29) is 24.3 Å². The van der Waals surface area contributed by atoms with Crippen LogP contribution in [0, 0.1) is 5.92 Å². The van der Waals surface area contributed by atoms with Crippen LogP contribution in [0.4, 0.5) is 13.2 Å². The molecule has 0 spiro atoms. The molecule has 0 saturated carbocycles. The highest BCUT2D eigenvalue weighted by Crippen LogP contribution is 2.20. The van der Waals surface area contributed by atoms with Gasteiger partial charge in [0.05, 0.1) is 24.4 Å². The van der Waals surface area contributed by atoms with E-state index >= 15 is 0 Å². The van der Waals surface area contributed by atoms with Crippen molar-refractivity contribution in [1.29, 1.82) is 0 Å². The van der Waals surface area contributed by atoms with Gasteiger partial charge in [0.25, 0.3) is 5.91 Å². The van der Waals surface area contributed by atoms with Gasteiger partial charge in [-0.05, 0) is 30.0 Å². The quantitative estimate of drug-likeness (QED) is 0.738. The molecule has 2 amide bonds. The van der Waals surface area contributed by atoms with Crippen LogP contribution in [0.15, 0.2) is 47.3 Å². The molecule has 1 fully saturated rings. The molecule has 0 bridgehead atoms. The number of benzene rings is 1. The summed E-state index contributed by atoms with van der Waals surface area (Å²) in [5.74, 6) is -0.563. The van der Waals surface area contributed by atoms with Gasteiger partial charge >= 0.3 is 6.18 Å². The van der Waals surface area contributed by atoms with Gasteiger partial charge in [-0.3, -0.25) is 9.59 Å². The van der Waals surface area contributed by atoms with E-state index in [0.717, 1.165) is 12.0 Å². The largest absolute Gasteiger partial charge is 0.472 e. The lowest BCUT2D eigenvalue weighted by Gasteiger charge is -2.31.